The summed E-state index contributed by atoms with van der Waals surface area (Å²) in [5.41, 5.74) is 0.176. The van der Waals surface area contributed by atoms with Gasteiger partial charge in [0.1, 0.15) is 5.54 Å². The van der Waals surface area contributed by atoms with Gasteiger partial charge in [-0.1, -0.05) is 104 Å². The molecule has 0 aromatic heterocycles. The van der Waals surface area contributed by atoms with Crippen molar-refractivity contribution in [2.24, 2.45) is 17.8 Å². The number of aryl methyl sites for hydroxylation is 2. The van der Waals surface area contributed by atoms with Crippen LogP contribution in [0.1, 0.15) is 79.0 Å². The van der Waals surface area contributed by atoms with Gasteiger partial charge in [-0.15, -0.1) is 11.6 Å². The molecule has 3 aromatic rings. The first-order chi connectivity index (χ1) is 32.5. The minimum absolute atomic E-state index is 0.0248. The van der Waals surface area contributed by atoms with Gasteiger partial charge < -0.3 is 23.2 Å². The fourth-order valence-electron chi connectivity index (χ4n) is 11.2. The molecule has 1 aliphatic carbocycles. The van der Waals surface area contributed by atoms with Crippen LogP contribution in [0.4, 0.5) is 4.79 Å². The van der Waals surface area contributed by atoms with E-state index in [1.807, 2.05) is 13.8 Å². The van der Waals surface area contributed by atoms with Crippen LogP contribution in [0.5, 0.6) is 11.5 Å². The Kier molecular flexibility index (Phi) is 16.1. The Labute approximate surface area is 423 Å². The number of hydrogen-bond donors (Lipinski definition) is 0. The van der Waals surface area contributed by atoms with Crippen LogP contribution in [-0.4, -0.2) is 122 Å². The van der Waals surface area contributed by atoms with Crippen molar-refractivity contribution in [2.45, 2.75) is 144 Å². The molecule has 6 atom stereocenters. The van der Waals surface area contributed by atoms with E-state index in [9.17, 15) is 8.42 Å². The number of rotatable bonds is 19. The molecular weight excluding hydrogens is 986 g/mol. The number of benzene rings is 3. The molecule has 0 unspecified atom stereocenters. The van der Waals surface area contributed by atoms with Crippen molar-refractivity contribution in [3.05, 3.63) is 83.4 Å². The Balaban J connectivity index is 1.64. The molecule has 2 aliphatic heterocycles. The lowest BCUT2D eigenvalue weighted by atomic mass is 9.78. The number of nitrogens with zero attached hydrogens (tertiary/aromatic N) is 3. The van der Waals surface area contributed by atoms with Gasteiger partial charge in [-0.05, 0) is 90.6 Å². The topological polar surface area (TPSA) is 166 Å². The molecule has 0 bridgehead atoms. The molecule has 0 N–H and O–H groups in total. The van der Waals surface area contributed by atoms with Gasteiger partial charge in [-0.2, -0.15) is 0 Å². The van der Waals surface area contributed by atoms with Crippen LogP contribution in [-0.2, 0) is 44.8 Å². The summed E-state index contributed by atoms with van der Waals surface area (Å²) in [6.07, 6.45) is 0. The number of ether oxygens (including phenoxy) is 2. The lowest BCUT2D eigenvalue weighted by molar-refractivity contribution is -0.136. The Bertz CT molecular complexity index is 2640. The molecule has 386 valence electrons. The van der Waals surface area contributed by atoms with Crippen LogP contribution in [0.2, 0.25) is 34.8 Å². The van der Waals surface area contributed by atoms with Crippen LogP contribution >= 0.6 is 11.6 Å². The van der Waals surface area contributed by atoms with Crippen LogP contribution in [0, 0.1) is 31.6 Å². The first-order valence-electron chi connectivity index (χ1n) is 24.2. The summed E-state index contributed by atoms with van der Waals surface area (Å²) in [7, 11) is -11.2. The number of methoxy groups -OCH3 is 2. The third kappa shape index (κ3) is 9.52. The van der Waals surface area contributed by atoms with E-state index in [4.69, 9.17) is 29.9 Å². The number of sulfone groups is 1. The van der Waals surface area contributed by atoms with Gasteiger partial charge in [0.2, 0.25) is 5.91 Å². The van der Waals surface area contributed by atoms with Crippen molar-refractivity contribution in [1.29, 1.82) is 0 Å². The summed E-state index contributed by atoms with van der Waals surface area (Å²) in [5.74, 6) is -5.02. The molecule has 0 radical (unpaired) electrons. The van der Waals surface area contributed by atoms with Gasteiger partial charge in [0.25, 0.3) is 15.9 Å². The summed E-state index contributed by atoms with van der Waals surface area (Å²) in [6.45, 7) is 25.4. The molecular formula is C51H74ClN3O11S2Si2. The highest BCUT2D eigenvalue weighted by molar-refractivity contribution is 7.91. The lowest BCUT2D eigenvalue weighted by Crippen LogP contribution is -2.63. The van der Waals surface area contributed by atoms with Crippen molar-refractivity contribution >= 4 is 65.9 Å². The standard InChI is InChI=1S/C51H74ClN3O11S2Si2/c1-32(2)70(33(3)4,34(5)6)66-31-41-45-44(47(56)55(41)68(61,62)39-23-18-36(8)19-24-39)40(30-65-69(14,15)50(9,10)11)46(52)51(45)48(57)53(26-27-67(59,60)38-21-16-35(7)17-22-38)49(58)54(51)29-37-20-25-42(63-12)43(28-37)64-13/h16-25,28,32-34,40-41,44-46H,26-27,29-31H2,1-15H3/t40-,41+,44+,45+,46+,51+/m0/s1. The molecule has 1 spiro atoms. The third-order valence-corrected chi connectivity index (χ3v) is 30.6. The molecule has 2 heterocycles. The third-order valence-electron chi connectivity index (χ3n) is 15.9. The number of hydrogen-bond acceptors (Lipinski definition) is 11. The van der Waals surface area contributed by atoms with Gasteiger partial charge >= 0.3 is 6.03 Å². The van der Waals surface area contributed by atoms with Gasteiger partial charge in [0, 0.05) is 31.5 Å². The second kappa shape index (κ2) is 20.3. The maximum atomic E-state index is 16.2. The Morgan fingerprint density at radius 3 is 1.77 bits per heavy atom. The van der Waals surface area contributed by atoms with Crippen LogP contribution in [0.25, 0.3) is 0 Å². The fourth-order valence-corrected chi connectivity index (χ4v) is 21.1. The van der Waals surface area contributed by atoms with Crippen LogP contribution in [0.15, 0.2) is 76.5 Å². The highest BCUT2D eigenvalue weighted by atomic mass is 35.5. The van der Waals surface area contributed by atoms with Crippen LogP contribution in [0.3, 0.4) is 0 Å². The van der Waals surface area contributed by atoms with E-state index in [0.717, 1.165) is 20.3 Å². The average Bonchev–Trinajstić information content (AvgIpc) is 3.79. The van der Waals surface area contributed by atoms with Crippen molar-refractivity contribution in [1.82, 2.24) is 14.1 Å². The molecule has 4 amide bonds. The van der Waals surface area contributed by atoms with E-state index < -0.39 is 101 Å². The lowest BCUT2D eigenvalue weighted by Gasteiger charge is -2.46. The van der Waals surface area contributed by atoms with E-state index in [1.165, 1.54) is 43.4 Å². The van der Waals surface area contributed by atoms with E-state index in [2.05, 4.69) is 75.4 Å². The normalized spacial score (nSPS) is 23.5. The summed E-state index contributed by atoms with van der Waals surface area (Å²) in [5, 5.41) is -1.63. The van der Waals surface area contributed by atoms with E-state index >= 15 is 22.8 Å². The van der Waals surface area contributed by atoms with Crippen molar-refractivity contribution in [3.63, 3.8) is 0 Å². The molecule has 3 aliphatic rings. The quantitative estimate of drug-likeness (QED) is 0.0638. The van der Waals surface area contributed by atoms with Crippen molar-refractivity contribution in [2.75, 3.05) is 39.7 Å². The SMILES string of the molecule is COc1ccc(CN2C(=O)N(CCS(=O)(=O)c3ccc(C)cc3)C(=O)[C@]23[C@H]2[C@H](C(=O)N(S(=O)(=O)c4ccc(C)cc4)[C@@H]2CO[Si](C(C)C)(C(C)C)C(C)C)[C@H](CO[Si](C)(C)C(C)(C)C)[C@H]3Cl)cc1OC. The number of carbonyl (C=O) groups is 3. The highest BCUT2D eigenvalue weighted by Gasteiger charge is 2.79. The average molecular weight is 1060 g/mol. The molecule has 3 aromatic carbocycles. The predicted octanol–water partition coefficient (Wildman–Crippen LogP) is 9.58. The van der Waals surface area contributed by atoms with Crippen molar-refractivity contribution in [3.8, 4) is 11.5 Å². The minimum Gasteiger partial charge on any atom is -0.493 e. The molecule has 14 nitrogen and oxygen atoms in total. The second-order valence-electron chi connectivity index (χ2n) is 21.8. The first-order valence-corrected chi connectivity index (χ1v) is 32.8. The molecule has 1 saturated carbocycles. The van der Waals surface area contributed by atoms with Crippen molar-refractivity contribution < 1.29 is 49.5 Å². The molecule has 19 heteroatoms. The first kappa shape index (κ1) is 55.5. The van der Waals surface area contributed by atoms with E-state index in [-0.39, 0.29) is 51.2 Å². The number of imide groups is 1. The Hall–Kier alpha value is -3.79. The zero-order valence-electron chi connectivity index (χ0n) is 43.5. The monoisotopic (exact) mass is 1060 g/mol. The zero-order valence-corrected chi connectivity index (χ0v) is 47.9. The number of carbonyl (C=O) groups excluding carboxylic acids is 3. The smallest absolute Gasteiger partial charge is 0.328 e. The zero-order chi connectivity index (χ0) is 52.3. The largest absolute Gasteiger partial charge is 0.493 e. The van der Waals surface area contributed by atoms with Gasteiger partial charge in [0.05, 0.1) is 53.7 Å². The van der Waals surface area contributed by atoms with Gasteiger partial charge in [-0.3, -0.25) is 14.5 Å². The molecule has 6 rings (SSSR count). The number of urea groups is 1. The van der Waals surface area contributed by atoms with Gasteiger partial charge in [-0.25, -0.2) is 25.9 Å². The maximum Gasteiger partial charge on any atom is 0.328 e. The molecule has 3 fully saturated rings. The Morgan fingerprint density at radius 2 is 1.27 bits per heavy atom. The summed E-state index contributed by atoms with van der Waals surface area (Å²) >= 11 is 7.93. The summed E-state index contributed by atoms with van der Waals surface area (Å²) in [6, 6.07) is 15.4. The number of halogens is 1. The summed E-state index contributed by atoms with van der Waals surface area (Å²) < 4.78 is 85.0. The predicted molar refractivity (Wildman–Crippen MR) is 277 cm³/mol. The number of alkyl halides is 1. The number of fused-ring (bicyclic) bond motifs is 2. The highest BCUT2D eigenvalue weighted by Crippen LogP contribution is 2.61. The fraction of sp³-hybridized carbons (Fsp3) is 0.588. The second-order valence-corrected chi connectivity index (χ2v) is 36.5. The number of amides is 4. The van der Waals surface area contributed by atoms with Gasteiger partial charge in [0.15, 0.2) is 38.0 Å². The molecule has 70 heavy (non-hydrogen) atoms. The van der Waals surface area contributed by atoms with Crippen LogP contribution < -0.4 is 9.47 Å². The van der Waals surface area contributed by atoms with E-state index in [1.54, 1.807) is 42.5 Å². The number of sulfonamides is 1. The van der Waals surface area contributed by atoms with E-state index in [0.29, 0.717) is 17.1 Å². The summed E-state index contributed by atoms with van der Waals surface area (Å²) in [4.78, 5) is 49.6. The Morgan fingerprint density at radius 1 is 0.743 bits per heavy atom. The molecule has 2 saturated heterocycles. The minimum atomic E-state index is -4.67. The maximum absolute atomic E-state index is 16.2.